The number of rotatable bonds is 3. The maximum absolute atomic E-state index is 12.7. The van der Waals surface area contributed by atoms with E-state index in [0.29, 0.717) is 12.1 Å². The van der Waals surface area contributed by atoms with Crippen LogP contribution in [0.5, 0.6) is 0 Å². The van der Waals surface area contributed by atoms with Crippen molar-refractivity contribution in [1.82, 2.24) is 10.6 Å². The third-order valence-corrected chi connectivity index (χ3v) is 3.09. The number of nitrogens with one attached hydrogen (secondary N) is 2. The van der Waals surface area contributed by atoms with Crippen LogP contribution in [0.2, 0.25) is 0 Å². The Morgan fingerprint density at radius 3 is 2.79 bits per heavy atom. The van der Waals surface area contributed by atoms with Crippen molar-refractivity contribution in [2.45, 2.75) is 18.9 Å². The molecule has 1 heterocycles. The van der Waals surface area contributed by atoms with E-state index in [2.05, 4.69) is 10.6 Å². The van der Waals surface area contributed by atoms with Crippen LogP contribution in [0, 0.1) is 5.82 Å². The van der Waals surface area contributed by atoms with Crippen molar-refractivity contribution in [3.8, 4) is 0 Å². The summed E-state index contributed by atoms with van der Waals surface area (Å²) >= 11 is 5.02. The lowest BCUT2D eigenvalue weighted by atomic mass is 10.2. The predicted molar refractivity (Wildman–Crippen MR) is 73.4 cm³/mol. The summed E-state index contributed by atoms with van der Waals surface area (Å²) in [5.74, 6) is -0.736. The van der Waals surface area contributed by atoms with Gasteiger partial charge in [-0.2, -0.15) is 0 Å². The molecule has 4 nitrogen and oxygen atoms in total. The number of hydrogen-bond acceptors (Lipinski definition) is 3. The van der Waals surface area contributed by atoms with Crippen molar-refractivity contribution in [3.05, 3.63) is 35.6 Å². The second-order valence-electron chi connectivity index (χ2n) is 4.31. The molecular formula is C13H15FN2O2S. The summed E-state index contributed by atoms with van der Waals surface area (Å²) in [6.07, 6.45) is 2.21. The minimum atomic E-state index is -0.379. The van der Waals surface area contributed by atoms with E-state index in [1.807, 2.05) is 0 Å². The first-order chi connectivity index (χ1) is 9.15. The zero-order valence-corrected chi connectivity index (χ0v) is 11.1. The molecule has 1 atom stereocenters. The second kappa shape index (κ2) is 6.58. The third kappa shape index (κ3) is 4.25. The van der Waals surface area contributed by atoms with Crippen molar-refractivity contribution >= 4 is 23.2 Å². The molecule has 2 rings (SSSR count). The first-order valence-corrected chi connectivity index (χ1v) is 6.52. The van der Waals surface area contributed by atoms with E-state index in [1.165, 1.54) is 24.3 Å². The lowest BCUT2D eigenvalue weighted by Crippen LogP contribution is -2.42. The molecule has 0 spiro atoms. The lowest BCUT2D eigenvalue weighted by Gasteiger charge is -2.13. The molecule has 1 amide bonds. The maximum atomic E-state index is 12.7. The van der Waals surface area contributed by atoms with E-state index in [9.17, 15) is 9.18 Å². The van der Waals surface area contributed by atoms with Gasteiger partial charge in [-0.3, -0.25) is 10.1 Å². The highest BCUT2D eigenvalue weighted by atomic mass is 32.1. The topological polar surface area (TPSA) is 50.4 Å². The number of ether oxygens (including phenoxy) is 1. The summed E-state index contributed by atoms with van der Waals surface area (Å²) in [6.45, 7) is 1.36. The Hall–Kier alpha value is -1.53. The minimum absolute atomic E-state index is 0.153. The maximum Gasteiger partial charge on any atom is 0.257 e. The zero-order chi connectivity index (χ0) is 13.7. The normalized spacial score (nSPS) is 18.1. The van der Waals surface area contributed by atoms with Gasteiger partial charge in [0.15, 0.2) is 5.11 Å². The van der Waals surface area contributed by atoms with Crippen molar-refractivity contribution in [1.29, 1.82) is 0 Å². The molecule has 1 unspecified atom stereocenters. The van der Waals surface area contributed by atoms with Crippen LogP contribution in [0.15, 0.2) is 24.3 Å². The van der Waals surface area contributed by atoms with Crippen LogP contribution in [0.4, 0.5) is 4.39 Å². The molecule has 0 aromatic heterocycles. The number of halogens is 1. The molecule has 1 saturated heterocycles. The lowest BCUT2D eigenvalue weighted by molar-refractivity contribution is 0.0973. The Kier molecular flexibility index (Phi) is 4.81. The summed E-state index contributed by atoms with van der Waals surface area (Å²) in [5, 5.41) is 5.73. The third-order valence-electron chi connectivity index (χ3n) is 2.85. The van der Waals surface area contributed by atoms with Crippen LogP contribution in [-0.4, -0.2) is 30.3 Å². The first kappa shape index (κ1) is 13.9. The number of carbonyl (C=O) groups is 1. The smallest absolute Gasteiger partial charge is 0.257 e. The molecule has 0 bridgehead atoms. The van der Waals surface area contributed by atoms with E-state index in [1.54, 1.807) is 0 Å². The number of benzene rings is 1. The molecule has 1 aromatic rings. The monoisotopic (exact) mass is 282 g/mol. The number of thiocarbonyl (C=S) groups is 1. The van der Waals surface area contributed by atoms with E-state index in [-0.39, 0.29) is 22.9 Å². The van der Waals surface area contributed by atoms with Crippen LogP contribution in [0.3, 0.4) is 0 Å². The highest BCUT2D eigenvalue weighted by molar-refractivity contribution is 7.80. The van der Waals surface area contributed by atoms with Gasteiger partial charge < -0.3 is 10.1 Å². The van der Waals surface area contributed by atoms with Gasteiger partial charge in [-0.1, -0.05) is 0 Å². The summed E-state index contributed by atoms with van der Waals surface area (Å²) < 4.78 is 18.2. The van der Waals surface area contributed by atoms with Crippen LogP contribution in [0.1, 0.15) is 23.2 Å². The fourth-order valence-corrected chi connectivity index (χ4v) is 2.01. The summed E-state index contributed by atoms with van der Waals surface area (Å²) in [7, 11) is 0. The van der Waals surface area contributed by atoms with Crippen LogP contribution < -0.4 is 10.6 Å². The molecule has 6 heteroatoms. The van der Waals surface area contributed by atoms with Gasteiger partial charge in [0.25, 0.3) is 5.91 Å². The molecule has 1 aliphatic heterocycles. The van der Waals surface area contributed by atoms with E-state index < -0.39 is 0 Å². The average molecular weight is 282 g/mol. The molecule has 1 aliphatic rings. The van der Waals surface area contributed by atoms with E-state index in [0.717, 1.165) is 19.4 Å². The van der Waals surface area contributed by atoms with Gasteiger partial charge in [-0.15, -0.1) is 0 Å². The molecule has 1 fully saturated rings. The van der Waals surface area contributed by atoms with Gasteiger partial charge in [-0.05, 0) is 49.3 Å². The SMILES string of the molecule is O=C(NC(=S)NCC1CCCO1)c1ccc(F)cc1. The molecule has 102 valence electrons. The molecule has 0 radical (unpaired) electrons. The van der Waals surface area contributed by atoms with Gasteiger partial charge in [0.1, 0.15) is 5.82 Å². The molecule has 1 aromatic carbocycles. The highest BCUT2D eigenvalue weighted by Gasteiger charge is 2.16. The van der Waals surface area contributed by atoms with Crippen LogP contribution in [0.25, 0.3) is 0 Å². The van der Waals surface area contributed by atoms with Crippen molar-refractivity contribution < 1.29 is 13.9 Å². The molecule has 0 aliphatic carbocycles. The van der Waals surface area contributed by atoms with Gasteiger partial charge in [0.05, 0.1) is 6.10 Å². The fraction of sp³-hybridized carbons (Fsp3) is 0.385. The quantitative estimate of drug-likeness (QED) is 0.827. The summed E-state index contributed by atoms with van der Waals surface area (Å²) in [5.41, 5.74) is 0.364. The van der Waals surface area contributed by atoms with Gasteiger partial charge >= 0.3 is 0 Å². The standard InChI is InChI=1S/C13H15FN2O2S/c14-10-5-3-9(4-6-10)12(17)16-13(19)15-8-11-2-1-7-18-11/h3-6,11H,1-2,7-8H2,(H2,15,16,17,19). The Balaban J connectivity index is 1.77. The molecule has 19 heavy (non-hydrogen) atoms. The second-order valence-corrected chi connectivity index (χ2v) is 4.71. The average Bonchev–Trinajstić information content (AvgIpc) is 2.90. The highest BCUT2D eigenvalue weighted by Crippen LogP contribution is 2.10. The Labute approximate surface area is 116 Å². The van der Waals surface area contributed by atoms with E-state index >= 15 is 0 Å². The summed E-state index contributed by atoms with van der Waals surface area (Å²) in [4.78, 5) is 11.8. The van der Waals surface area contributed by atoms with Crippen molar-refractivity contribution in [2.75, 3.05) is 13.2 Å². The largest absolute Gasteiger partial charge is 0.376 e. The number of amides is 1. The predicted octanol–water partition coefficient (Wildman–Crippen LogP) is 1.61. The summed E-state index contributed by atoms with van der Waals surface area (Å²) in [6, 6.07) is 5.29. The zero-order valence-electron chi connectivity index (χ0n) is 10.3. The fourth-order valence-electron chi connectivity index (χ4n) is 1.83. The first-order valence-electron chi connectivity index (χ1n) is 6.11. The number of carbonyl (C=O) groups excluding carboxylic acids is 1. The van der Waals surface area contributed by atoms with Gasteiger partial charge in [-0.25, -0.2) is 4.39 Å². The molecule has 0 saturated carbocycles. The van der Waals surface area contributed by atoms with Crippen molar-refractivity contribution in [2.24, 2.45) is 0 Å². The molecular weight excluding hydrogens is 267 g/mol. The molecule has 2 N–H and O–H groups in total. The number of hydrogen-bond donors (Lipinski definition) is 2. The van der Waals surface area contributed by atoms with Crippen LogP contribution in [-0.2, 0) is 4.74 Å². The van der Waals surface area contributed by atoms with Gasteiger partial charge in [0.2, 0.25) is 0 Å². The van der Waals surface area contributed by atoms with E-state index in [4.69, 9.17) is 17.0 Å². The van der Waals surface area contributed by atoms with Gasteiger partial charge in [0, 0.05) is 18.7 Å². The Morgan fingerprint density at radius 1 is 1.42 bits per heavy atom. The minimum Gasteiger partial charge on any atom is -0.376 e. The van der Waals surface area contributed by atoms with Crippen LogP contribution >= 0.6 is 12.2 Å². The Morgan fingerprint density at radius 2 is 2.16 bits per heavy atom. The van der Waals surface area contributed by atoms with Crippen molar-refractivity contribution in [3.63, 3.8) is 0 Å². The Bertz CT molecular complexity index is 458.